The number of oxime groups is 1. The predicted octanol–water partition coefficient (Wildman–Crippen LogP) is 1.12. The van der Waals surface area contributed by atoms with Crippen LogP contribution in [0, 0.1) is 11.7 Å². The number of nitrogens with two attached hydrogens (primary N) is 1. The van der Waals surface area contributed by atoms with Crippen LogP contribution in [0.15, 0.2) is 23.4 Å². The van der Waals surface area contributed by atoms with Crippen LogP contribution >= 0.6 is 0 Å². The molecule has 110 valence electrons. The molecule has 1 aromatic rings. The van der Waals surface area contributed by atoms with Crippen molar-refractivity contribution in [1.29, 1.82) is 0 Å². The molecule has 5 nitrogen and oxygen atoms in total. The fourth-order valence-electron chi connectivity index (χ4n) is 2.61. The third-order valence-corrected chi connectivity index (χ3v) is 3.59. The minimum Gasteiger partial charge on any atom is -0.409 e. The lowest BCUT2D eigenvalue weighted by Gasteiger charge is -2.34. The molecule has 0 spiro atoms. The molecule has 2 rings (SSSR count). The zero-order valence-electron chi connectivity index (χ0n) is 11.5. The minimum absolute atomic E-state index is 0.101. The Kier molecular flexibility index (Phi) is 4.57. The molecule has 6 heteroatoms. The van der Waals surface area contributed by atoms with E-state index in [0.717, 1.165) is 24.9 Å². The molecule has 4 N–H and O–H groups in total. The second-order valence-electron chi connectivity index (χ2n) is 5.52. The summed E-state index contributed by atoms with van der Waals surface area (Å²) in [6, 6.07) is 4.39. The summed E-state index contributed by atoms with van der Waals surface area (Å²) in [5, 5.41) is 20.8. The fourth-order valence-corrected chi connectivity index (χ4v) is 2.61. The number of hydrogen-bond donors (Lipinski definition) is 3. The number of rotatable bonds is 5. The van der Waals surface area contributed by atoms with Gasteiger partial charge in [-0.3, -0.25) is 0 Å². The first-order valence-corrected chi connectivity index (χ1v) is 6.62. The van der Waals surface area contributed by atoms with Crippen LogP contribution in [0.25, 0.3) is 0 Å². The predicted molar refractivity (Wildman–Crippen MR) is 74.0 cm³/mol. The number of nitrogens with zero attached hydrogens (tertiary/aromatic N) is 2. The van der Waals surface area contributed by atoms with Crippen LogP contribution < -0.4 is 5.73 Å². The van der Waals surface area contributed by atoms with Crippen molar-refractivity contribution in [2.24, 2.45) is 16.8 Å². The quantitative estimate of drug-likeness (QED) is 0.327. The molecule has 0 amide bonds. The van der Waals surface area contributed by atoms with Gasteiger partial charge in [-0.05, 0) is 49.6 Å². The maximum atomic E-state index is 13.5. The van der Waals surface area contributed by atoms with E-state index in [4.69, 9.17) is 10.9 Å². The van der Waals surface area contributed by atoms with Crippen LogP contribution in [-0.2, 0) is 6.54 Å². The second kappa shape index (κ2) is 6.19. The van der Waals surface area contributed by atoms with E-state index < -0.39 is 5.82 Å². The topological polar surface area (TPSA) is 82.1 Å². The summed E-state index contributed by atoms with van der Waals surface area (Å²) < 4.78 is 13.5. The van der Waals surface area contributed by atoms with Crippen molar-refractivity contribution in [1.82, 2.24) is 4.90 Å². The first-order chi connectivity index (χ1) is 9.47. The van der Waals surface area contributed by atoms with Crippen LogP contribution in [0.3, 0.4) is 0 Å². The van der Waals surface area contributed by atoms with Gasteiger partial charge in [-0.1, -0.05) is 5.16 Å². The van der Waals surface area contributed by atoms with E-state index in [9.17, 15) is 9.50 Å². The molecule has 1 fully saturated rings. The number of hydrogen-bond acceptors (Lipinski definition) is 4. The first kappa shape index (κ1) is 14.7. The lowest BCUT2D eigenvalue weighted by Crippen LogP contribution is -2.36. The zero-order chi connectivity index (χ0) is 14.7. The summed E-state index contributed by atoms with van der Waals surface area (Å²) in [6.45, 7) is 1.45. The van der Waals surface area contributed by atoms with Gasteiger partial charge < -0.3 is 20.9 Å². The molecule has 20 heavy (non-hydrogen) atoms. The molecule has 0 saturated heterocycles. The standard InChI is InChI=1S/C14H20FN3O2/c1-18(8-10-4-13(19)5-10)7-9-2-11(14(16)17-20)6-12(15)3-9/h2-3,6,10,13,19-20H,4-5,7-8H2,1H3,(H2,16,17). The van der Waals surface area contributed by atoms with Gasteiger partial charge in [0.25, 0.3) is 0 Å². The summed E-state index contributed by atoms with van der Waals surface area (Å²) >= 11 is 0. The third-order valence-electron chi connectivity index (χ3n) is 3.59. The molecule has 0 unspecified atom stereocenters. The van der Waals surface area contributed by atoms with E-state index in [-0.39, 0.29) is 11.9 Å². The highest BCUT2D eigenvalue weighted by Crippen LogP contribution is 2.28. The van der Waals surface area contributed by atoms with Crippen molar-refractivity contribution < 1.29 is 14.7 Å². The summed E-state index contributed by atoms with van der Waals surface area (Å²) in [5.41, 5.74) is 6.62. The largest absolute Gasteiger partial charge is 0.409 e. The van der Waals surface area contributed by atoms with E-state index in [1.54, 1.807) is 6.07 Å². The number of aliphatic hydroxyl groups is 1. The SMILES string of the molecule is CN(Cc1cc(F)cc(/C(N)=N/O)c1)CC1CC(O)C1. The average Bonchev–Trinajstić information content (AvgIpc) is 2.35. The summed E-state index contributed by atoms with van der Waals surface area (Å²) in [6.07, 6.45) is 1.51. The van der Waals surface area contributed by atoms with E-state index in [2.05, 4.69) is 10.1 Å². The van der Waals surface area contributed by atoms with E-state index in [1.807, 2.05) is 7.05 Å². The van der Waals surface area contributed by atoms with Crippen LogP contribution in [0.1, 0.15) is 24.0 Å². The normalized spacial score (nSPS) is 22.9. The van der Waals surface area contributed by atoms with Gasteiger partial charge in [0.2, 0.25) is 0 Å². The number of benzene rings is 1. The summed E-state index contributed by atoms with van der Waals surface area (Å²) in [4.78, 5) is 2.08. The third kappa shape index (κ3) is 3.68. The molecule has 1 aromatic carbocycles. The molecule has 0 heterocycles. The Hall–Kier alpha value is -1.66. The first-order valence-electron chi connectivity index (χ1n) is 6.62. The van der Waals surface area contributed by atoms with Crippen molar-refractivity contribution in [3.63, 3.8) is 0 Å². The number of amidine groups is 1. The van der Waals surface area contributed by atoms with Crippen molar-refractivity contribution in [3.8, 4) is 0 Å². The number of aliphatic hydroxyl groups excluding tert-OH is 1. The Labute approximate surface area is 117 Å². The Balaban J connectivity index is 1.99. The lowest BCUT2D eigenvalue weighted by molar-refractivity contribution is 0.0274. The molecule has 0 atom stereocenters. The van der Waals surface area contributed by atoms with Gasteiger partial charge in [-0.2, -0.15) is 0 Å². The van der Waals surface area contributed by atoms with Crippen LogP contribution in [0.2, 0.25) is 0 Å². The van der Waals surface area contributed by atoms with Crippen LogP contribution in [0.4, 0.5) is 4.39 Å². The molecular formula is C14H20FN3O2. The number of halogens is 1. The fraction of sp³-hybridized carbons (Fsp3) is 0.500. The van der Waals surface area contributed by atoms with Crippen molar-refractivity contribution >= 4 is 5.84 Å². The zero-order valence-corrected chi connectivity index (χ0v) is 11.5. The molecule has 0 aromatic heterocycles. The van der Waals surface area contributed by atoms with Gasteiger partial charge in [-0.15, -0.1) is 0 Å². The maximum absolute atomic E-state index is 13.5. The molecule has 0 radical (unpaired) electrons. The van der Waals surface area contributed by atoms with E-state index in [0.29, 0.717) is 18.0 Å². The van der Waals surface area contributed by atoms with Gasteiger partial charge in [0.1, 0.15) is 5.82 Å². The van der Waals surface area contributed by atoms with Crippen LogP contribution in [-0.4, -0.2) is 40.7 Å². The van der Waals surface area contributed by atoms with Gasteiger partial charge in [0.15, 0.2) is 5.84 Å². The lowest BCUT2D eigenvalue weighted by atomic mass is 9.82. The smallest absolute Gasteiger partial charge is 0.170 e. The summed E-state index contributed by atoms with van der Waals surface area (Å²) in [5.74, 6) is -0.000752. The van der Waals surface area contributed by atoms with Crippen molar-refractivity contribution in [2.75, 3.05) is 13.6 Å². The van der Waals surface area contributed by atoms with E-state index in [1.165, 1.54) is 12.1 Å². The minimum atomic E-state index is -0.406. The monoisotopic (exact) mass is 281 g/mol. The molecule has 1 aliphatic rings. The van der Waals surface area contributed by atoms with Crippen molar-refractivity contribution in [3.05, 3.63) is 35.1 Å². The van der Waals surface area contributed by atoms with Crippen molar-refractivity contribution in [2.45, 2.75) is 25.5 Å². The van der Waals surface area contributed by atoms with Gasteiger partial charge in [0.05, 0.1) is 6.10 Å². The highest BCUT2D eigenvalue weighted by atomic mass is 19.1. The van der Waals surface area contributed by atoms with Gasteiger partial charge >= 0.3 is 0 Å². The molecular weight excluding hydrogens is 261 g/mol. The van der Waals surface area contributed by atoms with Gasteiger partial charge in [0, 0.05) is 18.7 Å². The summed E-state index contributed by atoms with van der Waals surface area (Å²) in [7, 11) is 1.96. The average molecular weight is 281 g/mol. The van der Waals surface area contributed by atoms with Crippen LogP contribution in [0.5, 0.6) is 0 Å². The molecule has 1 aliphatic carbocycles. The highest BCUT2D eigenvalue weighted by Gasteiger charge is 2.27. The van der Waals surface area contributed by atoms with Gasteiger partial charge in [-0.25, -0.2) is 4.39 Å². The molecule has 0 bridgehead atoms. The second-order valence-corrected chi connectivity index (χ2v) is 5.52. The highest BCUT2D eigenvalue weighted by molar-refractivity contribution is 5.97. The maximum Gasteiger partial charge on any atom is 0.170 e. The molecule has 1 saturated carbocycles. The Morgan fingerprint density at radius 1 is 1.45 bits per heavy atom. The molecule has 0 aliphatic heterocycles. The Morgan fingerprint density at radius 2 is 2.15 bits per heavy atom. The Morgan fingerprint density at radius 3 is 2.75 bits per heavy atom. The van der Waals surface area contributed by atoms with E-state index >= 15 is 0 Å². The Bertz CT molecular complexity index is 501.